The van der Waals surface area contributed by atoms with Gasteiger partial charge in [-0.1, -0.05) is 6.92 Å². The summed E-state index contributed by atoms with van der Waals surface area (Å²) in [5.41, 5.74) is 1.51. The van der Waals surface area contributed by atoms with Crippen LogP contribution < -0.4 is 16.0 Å². The minimum Gasteiger partial charge on any atom is -0.354 e. The first kappa shape index (κ1) is 18.1. The molecule has 1 heterocycles. The predicted molar refractivity (Wildman–Crippen MR) is 94.3 cm³/mol. The molecule has 1 aromatic heterocycles. The van der Waals surface area contributed by atoms with Crippen LogP contribution in [0, 0.1) is 0 Å². The van der Waals surface area contributed by atoms with Crippen LogP contribution in [0.15, 0.2) is 48.8 Å². The van der Waals surface area contributed by atoms with Gasteiger partial charge in [0.05, 0.1) is 5.56 Å². The van der Waals surface area contributed by atoms with Gasteiger partial charge in [-0.15, -0.1) is 0 Å². The summed E-state index contributed by atoms with van der Waals surface area (Å²) in [6.07, 6.45) is 3.49. The summed E-state index contributed by atoms with van der Waals surface area (Å²) in [5.74, 6) is -0.559. The summed E-state index contributed by atoms with van der Waals surface area (Å²) < 4.78 is 0. The summed E-state index contributed by atoms with van der Waals surface area (Å²) in [6, 6.07) is 9.91. The number of nitrogens with zero attached hydrogens (tertiary/aromatic N) is 1. The normalized spacial score (nSPS) is 9.96. The van der Waals surface area contributed by atoms with Crippen LogP contribution in [-0.4, -0.2) is 35.8 Å². The number of carbonyl (C=O) groups is 3. The van der Waals surface area contributed by atoms with Crippen LogP contribution in [0.3, 0.4) is 0 Å². The molecule has 3 N–H and O–H groups in total. The molecule has 7 heteroatoms. The van der Waals surface area contributed by atoms with Crippen LogP contribution in [0.1, 0.15) is 34.1 Å². The number of rotatable bonds is 7. The second kappa shape index (κ2) is 9.17. The highest BCUT2D eigenvalue weighted by Gasteiger charge is 2.08. The molecule has 0 aliphatic carbocycles. The minimum atomic E-state index is -0.267. The molecule has 0 saturated heterocycles. The monoisotopic (exact) mass is 340 g/mol. The molecular weight excluding hydrogens is 320 g/mol. The first-order valence-corrected chi connectivity index (χ1v) is 7.96. The van der Waals surface area contributed by atoms with E-state index in [1.807, 2.05) is 0 Å². The fourth-order valence-corrected chi connectivity index (χ4v) is 2.01. The third-order valence-corrected chi connectivity index (χ3v) is 3.38. The highest BCUT2D eigenvalue weighted by molar-refractivity contribution is 6.04. The molecule has 0 bridgehead atoms. The Bertz CT molecular complexity index is 730. The SMILES string of the molecule is CCC(=O)NCCNC(=O)c1ccc(NC(=O)c2cccnc2)cc1. The van der Waals surface area contributed by atoms with Gasteiger partial charge in [-0.2, -0.15) is 0 Å². The Morgan fingerprint density at radius 3 is 2.28 bits per heavy atom. The zero-order valence-corrected chi connectivity index (χ0v) is 13.9. The lowest BCUT2D eigenvalue weighted by Crippen LogP contribution is -2.34. The maximum atomic E-state index is 12.0. The summed E-state index contributed by atoms with van der Waals surface area (Å²) in [7, 11) is 0. The Kier molecular flexibility index (Phi) is 6.65. The summed E-state index contributed by atoms with van der Waals surface area (Å²) in [6.45, 7) is 2.50. The van der Waals surface area contributed by atoms with Crippen LogP contribution >= 0.6 is 0 Å². The number of pyridine rings is 1. The topological polar surface area (TPSA) is 100 Å². The number of benzene rings is 1. The van der Waals surface area contributed by atoms with E-state index in [0.29, 0.717) is 36.3 Å². The molecular formula is C18H20N4O3. The molecule has 0 unspecified atom stereocenters. The molecule has 0 spiro atoms. The molecule has 3 amide bonds. The molecule has 130 valence electrons. The van der Waals surface area contributed by atoms with Gasteiger partial charge in [-0.05, 0) is 36.4 Å². The quantitative estimate of drug-likeness (QED) is 0.666. The molecule has 2 aromatic rings. The van der Waals surface area contributed by atoms with Gasteiger partial charge in [0.1, 0.15) is 0 Å². The van der Waals surface area contributed by atoms with Crippen molar-refractivity contribution in [3.8, 4) is 0 Å². The predicted octanol–water partition coefficient (Wildman–Crippen LogP) is 1.59. The highest BCUT2D eigenvalue weighted by Crippen LogP contribution is 2.11. The first-order chi connectivity index (χ1) is 12.1. The smallest absolute Gasteiger partial charge is 0.257 e. The third kappa shape index (κ3) is 5.72. The van der Waals surface area contributed by atoms with Crippen molar-refractivity contribution in [2.45, 2.75) is 13.3 Å². The number of anilines is 1. The van der Waals surface area contributed by atoms with Gasteiger partial charge >= 0.3 is 0 Å². The summed E-state index contributed by atoms with van der Waals surface area (Å²) in [5, 5.41) is 8.13. The van der Waals surface area contributed by atoms with E-state index in [4.69, 9.17) is 0 Å². The molecule has 7 nitrogen and oxygen atoms in total. The fourth-order valence-electron chi connectivity index (χ4n) is 2.01. The van der Waals surface area contributed by atoms with E-state index in [-0.39, 0.29) is 17.7 Å². The Labute approximate surface area is 145 Å². The van der Waals surface area contributed by atoms with Gasteiger partial charge in [0, 0.05) is 43.2 Å². The summed E-state index contributed by atoms with van der Waals surface area (Å²) >= 11 is 0. The van der Waals surface area contributed by atoms with E-state index in [0.717, 1.165) is 0 Å². The van der Waals surface area contributed by atoms with E-state index in [1.165, 1.54) is 6.20 Å². The number of hydrogen-bond acceptors (Lipinski definition) is 4. The van der Waals surface area contributed by atoms with Gasteiger partial charge in [0.15, 0.2) is 0 Å². The first-order valence-electron chi connectivity index (χ1n) is 7.96. The van der Waals surface area contributed by atoms with Crippen molar-refractivity contribution in [1.29, 1.82) is 0 Å². The lowest BCUT2D eigenvalue weighted by atomic mass is 10.2. The van der Waals surface area contributed by atoms with Gasteiger partial charge in [0.25, 0.3) is 11.8 Å². The maximum absolute atomic E-state index is 12.0. The van der Waals surface area contributed by atoms with E-state index in [1.54, 1.807) is 49.5 Å². The van der Waals surface area contributed by atoms with Gasteiger partial charge < -0.3 is 16.0 Å². The largest absolute Gasteiger partial charge is 0.354 e. The minimum absolute atomic E-state index is 0.0528. The van der Waals surface area contributed by atoms with Crippen LogP contribution in [0.4, 0.5) is 5.69 Å². The number of amides is 3. The Hall–Kier alpha value is -3.22. The van der Waals surface area contributed by atoms with Crippen LogP contribution in [0.25, 0.3) is 0 Å². The zero-order chi connectivity index (χ0) is 18.1. The lowest BCUT2D eigenvalue weighted by Gasteiger charge is -2.08. The lowest BCUT2D eigenvalue weighted by molar-refractivity contribution is -0.120. The van der Waals surface area contributed by atoms with E-state index in [2.05, 4.69) is 20.9 Å². The van der Waals surface area contributed by atoms with Gasteiger partial charge in [0.2, 0.25) is 5.91 Å². The molecule has 1 aromatic carbocycles. The van der Waals surface area contributed by atoms with Crippen molar-refractivity contribution in [3.05, 3.63) is 59.9 Å². The molecule has 2 rings (SSSR count). The van der Waals surface area contributed by atoms with Crippen LogP contribution in [-0.2, 0) is 4.79 Å². The molecule has 0 atom stereocenters. The molecule has 0 aliphatic heterocycles. The number of aromatic nitrogens is 1. The Morgan fingerprint density at radius 2 is 1.64 bits per heavy atom. The van der Waals surface area contributed by atoms with Gasteiger partial charge in [-0.25, -0.2) is 0 Å². The molecule has 25 heavy (non-hydrogen) atoms. The molecule has 0 saturated carbocycles. The fraction of sp³-hybridized carbons (Fsp3) is 0.222. The third-order valence-electron chi connectivity index (χ3n) is 3.38. The summed E-state index contributed by atoms with van der Waals surface area (Å²) in [4.78, 5) is 39.0. The van der Waals surface area contributed by atoms with Crippen LogP contribution in [0.2, 0.25) is 0 Å². The number of hydrogen-bond donors (Lipinski definition) is 3. The molecule has 0 aliphatic rings. The second-order valence-corrected chi connectivity index (χ2v) is 5.23. The highest BCUT2D eigenvalue weighted by atomic mass is 16.2. The van der Waals surface area contributed by atoms with Crippen molar-refractivity contribution in [3.63, 3.8) is 0 Å². The van der Waals surface area contributed by atoms with Crippen molar-refractivity contribution >= 4 is 23.4 Å². The van der Waals surface area contributed by atoms with E-state index >= 15 is 0 Å². The van der Waals surface area contributed by atoms with E-state index in [9.17, 15) is 14.4 Å². The zero-order valence-electron chi connectivity index (χ0n) is 13.9. The van der Waals surface area contributed by atoms with Crippen molar-refractivity contribution in [1.82, 2.24) is 15.6 Å². The Morgan fingerprint density at radius 1 is 0.920 bits per heavy atom. The maximum Gasteiger partial charge on any atom is 0.257 e. The van der Waals surface area contributed by atoms with Crippen molar-refractivity contribution in [2.24, 2.45) is 0 Å². The standard InChI is InChI=1S/C18H20N4O3/c1-2-16(23)20-10-11-21-17(24)13-5-7-15(8-6-13)22-18(25)14-4-3-9-19-12-14/h3-9,12H,2,10-11H2,1H3,(H,20,23)(H,21,24)(H,22,25). The molecule has 0 fully saturated rings. The number of carbonyl (C=O) groups excluding carboxylic acids is 3. The second-order valence-electron chi connectivity index (χ2n) is 5.23. The molecule has 0 radical (unpaired) electrons. The average molecular weight is 340 g/mol. The van der Waals surface area contributed by atoms with Gasteiger partial charge in [-0.3, -0.25) is 19.4 Å². The van der Waals surface area contributed by atoms with Crippen molar-refractivity contribution in [2.75, 3.05) is 18.4 Å². The number of nitrogens with one attached hydrogen (secondary N) is 3. The average Bonchev–Trinajstić information content (AvgIpc) is 2.66. The van der Waals surface area contributed by atoms with E-state index < -0.39 is 0 Å². The Balaban J connectivity index is 1.83. The van der Waals surface area contributed by atoms with Crippen LogP contribution in [0.5, 0.6) is 0 Å². The van der Waals surface area contributed by atoms with Crippen molar-refractivity contribution < 1.29 is 14.4 Å².